The molecule has 0 unspecified atom stereocenters. The van der Waals surface area contributed by atoms with Gasteiger partial charge in [0.05, 0.1) is 10.3 Å². The van der Waals surface area contributed by atoms with Gasteiger partial charge < -0.3 is 10.6 Å². The van der Waals surface area contributed by atoms with Gasteiger partial charge in [0, 0.05) is 24.3 Å². The smallest absolute Gasteiger partial charge is 0.241 e. The Bertz CT molecular complexity index is 725. The van der Waals surface area contributed by atoms with E-state index >= 15 is 0 Å². The van der Waals surface area contributed by atoms with Crippen molar-refractivity contribution in [2.24, 2.45) is 0 Å². The first kappa shape index (κ1) is 14.0. The number of hydrogen-bond acceptors (Lipinski definition) is 7. The van der Waals surface area contributed by atoms with E-state index < -0.39 is 0 Å². The maximum Gasteiger partial charge on any atom is 0.241 e. The van der Waals surface area contributed by atoms with Crippen LogP contribution in [-0.4, -0.2) is 31.6 Å². The normalized spacial score (nSPS) is 10.6. The van der Waals surface area contributed by atoms with Crippen LogP contribution in [0.3, 0.4) is 0 Å². The zero-order valence-corrected chi connectivity index (χ0v) is 13.5. The first-order chi connectivity index (χ1) is 10.2. The minimum atomic E-state index is 0.503. The van der Waals surface area contributed by atoms with Crippen LogP contribution in [0.2, 0.25) is 0 Å². The van der Waals surface area contributed by atoms with Crippen molar-refractivity contribution < 1.29 is 0 Å². The fourth-order valence-corrected chi connectivity index (χ4v) is 3.08. The number of nitrogens with zero attached hydrogens (tertiary/aromatic N) is 5. The van der Waals surface area contributed by atoms with E-state index in [0.29, 0.717) is 24.4 Å². The molecule has 0 fully saturated rings. The van der Waals surface area contributed by atoms with Gasteiger partial charge in [0.1, 0.15) is 6.33 Å². The van der Waals surface area contributed by atoms with Crippen molar-refractivity contribution in [2.75, 3.05) is 17.7 Å². The number of aromatic nitrogens is 5. The molecule has 0 amide bonds. The number of hydrogen-bond donors (Lipinski definition) is 2. The molecule has 0 radical (unpaired) electrons. The summed E-state index contributed by atoms with van der Waals surface area (Å²) in [5, 5.41) is 6.14. The van der Waals surface area contributed by atoms with Crippen LogP contribution in [-0.2, 0) is 6.54 Å². The molecule has 7 nitrogen and oxygen atoms in total. The molecule has 108 valence electrons. The van der Waals surface area contributed by atoms with Gasteiger partial charge in [-0.3, -0.25) is 4.57 Å². The molecule has 0 aliphatic rings. The summed E-state index contributed by atoms with van der Waals surface area (Å²) >= 11 is 5.12. The predicted molar refractivity (Wildman–Crippen MR) is 85.8 cm³/mol. The number of halogens is 1. The van der Waals surface area contributed by atoms with Gasteiger partial charge in [-0.25, -0.2) is 4.98 Å². The van der Waals surface area contributed by atoms with Crippen LogP contribution in [0, 0.1) is 0 Å². The number of anilines is 2. The second-order valence-electron chi connectivity index (χ2n) is 4.06. The Hall–Kier alpha value is -2.00. The second kappa shape index (κ2) is 6.19. The van der Waals surface area contributed by atoms with Gasteiger partial charge in [-0.1, -0.05) is 0 Å². The molecule has 0 bridgehead atoms. The van der Waals surface area contributed by atoms with Gasteiger partial charge in [-0.2, -0.15) is 15.0 Å². The molecule has 0 atom stereocenters. The van der Waals surface area contributed by atoms with Crippen LogP contribution in [0.15, 0.2) is 34.6 Å². The molecular weight excluding hydrogens is 354 g/mol. The number of rotatable bonds is 5. The highest BCUT2D eigenvalue weighted by Crippen LogP contribution is 2.22. The summed E-state index contributed by atoms with van der Waals surface area (Å²) < 4.78 is 2.83. The highest BCUT2D eigenvalue weighted by molar-refractivity contribution is 9.11. The molecule has 3 aromatic heterocycles. The first-order valence-corrected chi connectivity index (χ1v) is 7.76. The van der Waals surface area contributed by atoms with Crippen LogP contribution in [0.4, 0.5) is 11.9 Å². The van der Waals surface area contributed by atoms with Crippen molar-refractivity contribution in [3.63, 3.8) is 0 Å². The third-order valence-electron chi connectivity index (χ3n) is 2.63. The van der Waals surface area contributed by atoms with Crippen molar-refractivity contribution in [1.29, 1.82) is 0 Å². The van der Waals surface area contributed by atoms with Crippen molar-refractivity contribution in [2.45, 2.75) is 6.54 Å². The molecule has 0 aromatic carbocycles. The van der Waals surface area contributed by atoms with Gasteiger partial charge in [0.15, 0.2) is 0 Å². The molecule has 3 aromatic rings. The van der Waals surface area contributed by atoms with E-state index in [1.165, 1.54) is 4.88 Å². The molecule has 0 aliphatic carbocycles. The topological polar surface area (TPSA) is 80.5 Å². The number of thiophene rings is 1. The lowest BCUT2D eigenvalue weighted by Gasteiger charge is -2.08. The molecule has 21 heavy (non-hydrogen) atoms. The molecule has 0 aliphatic heterocycles. The second-order valence-corrected chi connectivity index (χ2v) is 6.61. The fraction of sp³-hybridized carbons (Fsp3) is 0.167. The standard InChI is InChI=1S/C12H12BrN7S/c1-14-10-17-11(16-6-8-2-3-9(13)21-8)19-12(18-10)20-5-4-15-7-20/h2-5,7H,6H2,1H3,(H2,14,16,17,18,19). The van der Waals surface area contributed by atoms with Crippen LogP contribution in [0.1, 0.15) is 4.88 Å². The number of nitrogens with one attached hydrogen (secondary N) is 2. The average Bonchev–Trinajstić information content (AvgIpc) is 3.16. The van der Waals surface area contributed by atoms with E-state index in [0.717, 1.165) is 3.79 Å². The Morgan fingerprint density at radius 1 is 1.24 bits per heavy atom. The van der Waals surface area contributed by atoms with Crippen LogP contribution >= 0.6 is 27.3 Å². The third kappa shape index (κ3) is 3.37. The summed E-state index contributed by atoms with van der Waals surface area (Å²) in [6, 6.07) is 4.07. The lowest BCUT2D eigenvalue weighted by Crippen LogP contribution is -2.10. The highest BCUT2D eigenvalue weighted by atomic mass is 79.9. The zero-order chi connectivity index (χ0) is 14.7. The summed E-state index contributed by atoms with van der Waals surface area (Å²) in [6.45, 7) is 0.660. The van der Waals surface area contributed by atoms with E-state index in [4.69, 9.17) is 0 Å². The average molecular weight is 366 g/mol. The Kier molecular flexibility index (Phi) is 4.11. The van der Waals surface area contributed by atoms with E-state index in [2.05, 4.69) is 52.6 Å². The van der Waals surface area contributed by atoms with E-state index in [-0.39, 0.29) is 0 Å². The largest absolute Gasteiger partial charge is 0.357 e. The Morgan fingerprint density at radius 3 is 2.76 bits per heavy atom. The van der Waals surface area contributed by atoms with E-state index in [9.17, 15) is 0 Å². The first-order valence-electron chi connectivity index (χ1n) is 6.15. The van der Waals surface area contributed by atoms with Gasteiger partial charge in [0.2, 0.25) is 17.8 Å². The number of imidazole rings is 1. The summed E-state index contributed by atoms with van der Waals surface area (Å²) in [6.07, 6.45) is 5.11. The van der Waals surface area contributed by atoms with Gasteiger partial charge in [0.25, 0.3) is 0 Å². The Balaban J connectivity index is 1.82. The SMILES string of the molecule is CNc1nc(NCc2ccc(Br)s2)nc(-n2ccnc2)n1. The van der Waals surface area contributed by atoms with Crippen molar-refractivity contribution in [3.05, 3.63) is 39.5 Å². The van der Waals surface area contributed by atoms with E-state index in [1.54, 1.807) is 41.7 Å². The summed E-state index contributed by atoms with van der Waals surface area (Å²) in [4.78, 5) is 18.2. The van der Waals surface area contributed by atoms with Crippen LogP contribution in [0.25, 0.3) is 5.95 Å². The Morgan fingerprint density at radius 2 is 2.10 bits per heavy atom. The van der Waals surface area contributed by atoms with Crippen LogP contribution in [0.5, 0.6) is 0 Å². The Labute approximate surface area is 133 Å². The summed E-state index contributed by atoms with van der Waals surface area (Å²) in [5.41, 5.74) is 0. The lowest BCUT2D eigenvalue weighted by molar-refractivity contribution is 0.892. The van der Waals surface area contributed by atoms with Crippen LogP contribution < -0.4 is 10.6 Å². The monoisotopic (exact) mass is 365 g/mol. The van der Waals surface area contributed by atoms with Crippen molar-refractivity contribution in [3.8, 4) is 5.95 Å². The minimum Gasteiger partial charge on any atom is -0.357 e. The van der Waals surface area contributed by atoms with Gasteiger partial charge in [-0.05, 0) is 28.1 Å². The van der Waals surface area contributed by atoms with Gasteiger partial charge in [-0.15, -0.1) is 11.3 Å². The molecule has 2 N–H and O–H groups in total. The minimum absolute atomic E-state index is 0.503. The maximum atomic E-state index is 4.39. The van der Waals surface area contributed by atoms with E-state index in [1.807, 2.05) is 6.07 Å². The summed E-state index contributed by atoms with van der Waals surface area (Å²) in [7, 11) is 1.77. The predicted octanol–water partition coefficient (Wildman–Crippen LogP) is 2.54. The lowest BCUT2D eigenvalue weighted by atomic mass is 10.5. The fourth-order valence-electron chi connectivity index (χ4n) is 1.66. The van der Waals surface area contributed by atoms with Crippen molar-refractivity contribution in [1.82, 2.24) is 24.5 Å². The molecule has 3 heterocycles. The molecule has 3 rings (SSSR count). The van der Waals surface area contributed by atoms with Crippen molar-refractivity contribution >= 4 is 39.2 Å². The summed E-state index contributed by atoms with van der Waals surface area (Å²) in [5.74, 6) is 1.54. The van der Waals surface area contributed by atoms with Gasteiger partial charge >= 0.3 is 0 Å². The molecule has 0 spiro atoms. The molecule has 0 saturated heterocycles. The quantitative estimate of drug-likeness (QED) is 0.722. The molecule has 0 saturated carbocycles. The highest BCUT2D eigenvalue weighted by Gasteiger charge is 2.07. The molecule has 9 heteroatoms. The third-order valence-corrected chi connectivity index (χ3v) is 4.26. The molecular formula is C12H12BrN7S. The zero-order valence-electron chi connectivity index (χ0n) is 11.1. The maximum absolute atomic E-state index is 4.39.